The zero-order valence-corrected chi connectivity index (χ0v) is 4.85. The van der Waals surface area contributed by atoms with E-state index in [4.69, 9.17) is 11.0 Å². The van der Waals surface area contributed by atoms with Crippen LogP contribution in [0.3, 0.4) is 0 Å². The van der Waals surface area contributed by atoms with Crippen molar-refractivity contribution in [2.75, 3.05) is 0 Å². The Morgan fingerprint density at radius 1 is 1.62 bits per heavy atom. The van der Waals surface area contributed by atoms with Gasteiger partial charge >= 0.3 is 0 Å². The van der Waals surface area contributed by atoms with E-state index >= 15 is 0 Å². The molecule has 1 saturated carbocycles. The zero-order valence-electron chi connectivity index (χ0n) is 4.85. The third-order valence-electron chi connectivity index (χ3n) is 1.63. The molecule has 0 unspecified atom stereocenters. The van der Waals surface area contributed by atoms with Crippen molar-refractivity contribution in [2.45, 2.75) is 31.2 Å². The maximum Gasteiger partial charge on any atom is 0.0622 e. The molecule has 1 fully saturated rings. The van der Waals surface area contributed by atoms with E-state index in [1.165, 1.54) is 0 Å². The Balaban J connectivity index is 2.12. The average molecular weight is 110 g/mol. The first kappa shape index (κ1) is 5.58. The lowest BCUT2D eigenvalue weighted by atomic mass is 10.1. The zero-order chi connectivity index (χ0) is 6.04. The Bertz CT molecular complexity index is 119. The van der Waals surface area contributed by atoms with Gasteiger partial charge in [0.1, 0.15) is 0 Å². The normalized spacial score (nSPS) is 22.0. The number of hydrogen-bond donors (Lipinski definition) is 1. The third kappa shape index (κ3) is 1.21. The minimum absolute atomic E-state index is 0.0791. The molecule has 0 aromatic rings. The Morgan fingerprint density at radius 2 is 2.25 bits per heavy atom. The standard InChI is InChI=1S/C6H10N2/c7-5-1-2-6(8)3-4-6/h1-4,8H2. The topological polar surface area (TPSA) is 49.8 Å². The summed E-state index contributed by atoms with van der Waals surface area (Å²) in [7, 11) is 0. The van der Waals surface area contributed by atoms with Gasteiger partial charge in [-0.1, -0.05) is 0 Å². The van der Waals surface area contributed by atoms with Gasteiger partial charge in [-0.25, -0.2) is 0 Å². The molecule has 2 heteroatoms. The Labute approximate surface area is 49.3 Å². The summed E-state index contributed by atoms with van der Waals surface area (Å²) >= 11 is 0. The molecule has 0 heterocycles. The molecule has 1 aliphatic carbocycles. The van der Waals surface area contributed by atoms with E-state index in [0.717, 1.165) is 19.3 Å². The van der Waals surface area contributed by atoms with Gasteiger partial charge in [0.05, 0.1) is 6.07 Å². The Hall–Kier alpha value is -0.550. The van der Waals surface area contributed by atoms with Crippen LogP contribution in [0, 0.1) is 11.3 Å². The molecule has 0 spiro atoms. The lowest BCUT2D eigenvalue weighted by Crippen LogP contribution is -2.20. The van der Waals surface area contributed by atoms with Crippen molar-refractivity contribution < 1.29 is 0 Å². The van der Waals surface area contributed by atoms with Crippen LogP contribution in [0.5, 0.6) is 0 Å². The molecule has 0 radical (unpaired) electrons. The first-order valence-corrected chi connectivity index (χ1v) is 2.93. The van der Waals surface area contributed by atoms with Crippen LogP contribution in [-0.4, -0.2) is 5.54 Å². The van der Waals surface area contributed by atoms with Gasteiger partial charge in [0.25, 0.3) is 0 Å². The minimum atomic E-state index is 0.0791. The average Bonchev–Trinajstić information content (AvgIpc) is 2.45. The third-order valence-corrected chi connectivity index (χ3v) is 1.63. The molecule has 0 amide bonds. The fourth-order valence-corrected chi connectivity index (χ4v) is 0.715. The number of rotatable bonds is 2. The molecule has 44 valence electrons. The van der Waals surface area contributed by atoms with Gasteiger partial charge in [0, 0.05) is 12.0 Å². The van der Waals surface area contributed by atoms with E-state index in [1.54, 1.807) is 0 Å². The molecule has 2 N–H and O–H groups in total. The predicted octanol–water partition coefficient (Wildman–Crippen LogP) is 0.781. The van der Waals surface area contributed by atoms with Crippen LogP contribution in [0.4, 0.5) is 0 Å². The second-order valence-electron chi connectivity index (χ2n) is 2.52. The van der Waals surface area contributed by atoms with Crippen molar-refractivity contribution in [2.24, 2.45) is 5.73 Å². The quantitative estimate of drug-likeness (QED) is 0.571. The lowest BCUT2D eigenvalue weighted by molar-refractivity contribution is 0.621. The van der Waals surface area contributed by atoms with Crippen molar-refractivity contribution in [3.63, 3.8) is 0 Å². The van der Waals surface area contributed by atoms with Gasteiger partial charge in [-0.3, -0.25) is 0 Å². The molecule has 0 aromatic heterocycles. The van der Waals surface area contributed by atoms with Gasteiger partial charge < -0.3 is 5.73 Å². The molecule has 0 aromatic carbocycles. The Morgan fingerprint density at radius 3 is 2.62 bits per heavy atom. The molecular weight excluding hydrogens is 100 g/mol. The van der Waals surface area contributed by atoms with Crippen molar-refractivity contribution >= 4 is 0 Å². The fourth-order valence-electron chi connectivity index (χ4n) is 0.715. The van der Waals surface area contributed by atoms with Crippen LogP contribution in [0.1, 0.15) is 25.7 Å². The van der Waals surface area contributed by atoms with E-state index in [2.05, 4.69) is 6.07 Å². The monoisotopic (exact) mass is 110 g/mol. The van der Waals surface area contributed by atoms with Gasteiger partial charge in [-0.05, 0) is 19.3 Å². The number of nitriles is 1. The van der Waals surface area contributed by atoms with Gasteiger partial charge in [-0.15, -0.1) is 0 Å². The summed E-state index contributed by atoms with van der Waals surface area (Å²) in [6.45, 7) is 0. The van der Waals surface area contributed by atoms with E-state index in [0.29, 0.717) is 6.42 Å². The molecule has 2 nitrogen and oxygen atoms in total. The number of nitrogens with two attached hydrogens (primary N) is 1. The molecule has 0 bridgehead atoms. The highest BCUT2D eigenvalue weighted by molar-refractivity contribution is 4.99. The summed E-state index contributed by atoms with van der Waals surface area (Å²) in [5.41, 5.74) is 5.76. The molecule has 0 aliphatic heterocycles. The highest BCUT2D eigenvalue weighted by Gasteiger charge is 2.36. The highest BCUT2D eigenvalue weighted by atomic mass is 14.8. The molecule has 1 rings (SSSR count). The van der Waals surface area contributed by atoms with E-state index < -0.39 is 0 Å². The van der Waals surface area contributed by atoms with Crippen LogP contribution < -0.4 is 5.73 Å². The molecule has 1 aliphatic rings. The first-order chi connectivity index (χ1) is 3.77. The largest absolute Gasteiger partial charge is 0.325 e. The van der Waals surface area contributed by atoms with Gasteiger partial charge in [0.2, 0.25) is 0 Å². The summed E-state index contributed by atoms with van der Waals surface area (Å²) in [4.78, 5) is 0. The Kier molecular flexibility index (Phi) is 1.22. The van der Waals surface area contributed by atoms with Gasteiger partial charge in [0.15, 0.2) is 0 Å². The predicted molar refractivity (Wildman–Crippen MR) is 31.0 cm³/mol. The summed E-state index contributed by atoms with van der Waals surface area (Å²) in [5, 5.41) is 8.15. The summed E-state index contributed by atoms with van der Waals surface area (Å²) in [6.07, 6.45) is 3.75. The van der Waals surface area contributed by atoms with Gasteiger partial charge in [-0.2, -0.15) is 5.26 Å². The fraction of sp³-hybridized carbons (Fsp3) is 0.833. The lowest BCUT2D eigenvalue weighted by Gasteiger charge is -2.01. The second-order valence-corrected chi connectivity index (χ2v) is 2.52. The van der Waals surface area contributed by atoms with Crippen molar-refractivity contribution in [1.29, 1.82) is 5.26 Å². The van der Waals surface area contributed by atoms with Crippen LogP contribution in [0.2, 0.25) is 0 Å². The van der Waals surface area contributed by atoms with Crippen molar-refractivity contribution in [3.8, 4) is 6.07 Å². The molecule has 0 atom stereocenters. The SMILES string of the molecule is N#CCCC1(N)CC1. The van der Waals surface area contributed by atoms with Crippen LogP contribution in [-0.2, 0) is 0 Å². The van der Waals surface area contributed by atoms with E-state index in [9.17, 15) is 0 Å². The number of nitrogens with zero attached hydrogens (tertiary/aromatic N) is 1. The van der Waals surface area contributed by atoms with Crippen molar-refractivity contribution in [1.82, 2.24) is 0 Å². The van der Waals surface area contributed by atoms with Crippen LogP contribution in [0.15, 0.2) is 0 Å². The minimum Gasteiger partial charge on any atom is -0.325 e. The summed E-state index contributed by atoms with van der Waals surface area (Å²) < 4.78 is 0. The summed E-state index contributed by atoms with van der Waals surface area (Å²) in [6, 6.07) is 2.08. The van der Waals surface area contributed by atoms with Crippen LogP contribution in [0.25, 0.3) is 0 Å². The molecular formula is C6H10N2. The van der Waals surface area contributed by atoms with E-state index in [-0.39, 0.29) is 5.54 Å². The highest BCUT2D eigenvalue weighted by Crippen LogP contribution is 2.36. The maximum absolute atomic E-state index is 8.15. The molecule has 0 saturated heterocycles. The summed E-state index contributed by atoms with van der Waals surface area (Å²) in [5.74, 6) is 0. The van der Waals surface area contributed by atoms with Crippen LogP contribution >= 0.6 is 0 Å². The molecule has 8 heavy (non-hydrogen) atoms. The maximum atomic E-state index is 8.15. The number of hydrogen-bond acceptors (Lipinski definition) is 2. The smallest absolute Gasteiger partial charge is 0.0622 e. The van der Waals surface area contributed by atoms with Crippen molar-refractivity contribution in [3.05, 3.63) is 0 Å². The first-order valence-electron chi connectivity index (χ1n) is 2.93. The second kappa shape index (κ2) is 1.75. The van der Waals surface area contributed by atoms with E-state index in [1.807, 2.05) is 0 Å².